The van der Waals surface area contributed by atoms with Gasteiger partial charge in [0, 0.05) is 28.8 Å². The molecule has 0 amide bonds. The van der Waals surface area contributed by atoms with Gasteiger partial charge < -0.3 is 15.5 Å². The van der Waals surface area contributed by atoms with Crippen LogP contribution >= 0.6 is 11.8 Å². The first kappa shape index (κ1) is 13.6. The fourth-order valence-electron chi connectivity index (χ4n) is 1.75. The maximum atomic E-state index is 11.3. The molecule has 1 aromatic heterocycles. The van der Waals surface area contributed by atoms with Gasteiger partial charge in [-0.05, 0) is 19.1 Å². The lowest BCUT2D eigenvalue weighted by Crippen LogP contribution is -2.09. The van der Waals surface area contributed by atoms with Crippen LogP contribution in [0.1, 0.15) is 18.5 Å². The predicted molar refractivity (Wildman–Crippen MR) is 74.6 cm³/mol. The lowest BCUT2D eigenvalue weighted by molar-refractivity contribution is 0.405. The summed E-state index contributed by atoms with van der Waals surface area (Å²) in [7, 11) is 1.61. The van der Waals surface area contributed by atoms with Crippen molar-refractivity contribution in [3.05, 3.63) is 46.4 Å². The summed E-state index contributed by atoms with van der Waals surface area (Å²) in [5.74, 6) is 0.735. The van der Waals surface area contributed by atoms with Crippen molar-refractivity contribution in [2.75, 3.05) is 7.11 Å². The first-order valence-corrected chi connectivity index (χ1v) is 6.59. The molecule has 0 aliphatic rings. The number of aromatic amines is 1. The quantitative estimate of drug-likeness (QED) is 0.835. The molecular formula is C13H15N3O2S. The van der Waals surface area contributed by atoms with E-state index in [1.165, 1.54) is 24.0 Å². The molecule has 1 atom stereocenters. The standard InChI is InChI=1S/C13H15N3O2S/c1-8(14)12-9(18-2)4-3-5-10(12)19-13-15-7-6-11(17)16-13/h3-8H,14H2,1-2H3,(H,15,16,17). The third-order valence-corrected chi connectivity index (χ3v) is 3.53. The van der Waals surface area contributed by atoms with Crippen molar-refractivity contribution in [2.45, 2.75) is 23.0 Å². The smallest absolute Gasteiger partial charge is 0.251 e. The number of nitrogens with two attached hydrogens (primary N) is 1. The highest BCUT2D eigenvalue weighted by atomic mass is 32.2. The number of nitrogens with one attached hydrogen (secondary N) is 1. The second-order valence-electron chi connectivity index (χ2n) is 4.00. The minimum Gasteiger partial charge on any atom is -0.496 e. The Kier molecular flexibility index (Phi) is 4.24. The Hall–Kier alpha value is -1.79. The second kappa shape index (κ2) is 5.90. The monoisotopic (exact) mass is 277 g/mol. The van der Waals surface area contributed by atoms with Crippen molar-refractivity contribution < 1.29 is 4.74 Å². The summed E-state index contributed by atoms with van der Waals surface area (Å²) in [5.41, 5.74) is 6.71. The number of H-pyrrole nitrogens is 1. The highest BCUT2D eigenvalue weighted by Gasteiger charge is 2.14. The van der Waals surface area contributed by atoms with Gasteiger partial charge in [-0.1, -0.05) is 17.8 Å². The molecular weight excluding hydrogens is 262 g/mol. The van der Waals surface area contributed by atoms with Crippen LogP contribution in [0, 0.1) is 0 Å². The van der Waals surface area contributed by atoms with Gasteiger partial charge in [0.15, 0.2) is 5.16 Å². The SMILES string of the molecule is COc1cccc(Sc2nccc(=O)[nH]2)c1C(C)N. The molecule has 1 aromatic carbocycles. The lowest BCUT2D eigenvalue weighted by Gasteiger charge is -2.15. The van der Waals surface area contributed by atoms with E-state index in [0.717, 1.165) is 16.2 Å². The number of hydrogen-bond donors (Lipinski definition) is 2. The zero-order valence-corrected chi connectivity index (χ0v) is 11.5. The Labute approximate surface area is 115 Å². The Balaban J connectivity index is 2.42. The van der Waals surface area contributed by atoms with E-state index in [2.05, 4.69) is 9.97 Å². The maximum absolute atomic E-state index is 11.3. The van der Waals surface area contributed by atoms with Gasteiger partial charge in [-0.25, -0.2) is 4.98 Å². The topological polar surface area (TPSA) is 81.0 Å². The van der Waals surface area contributed by atoms with Crippen molar-refractivity contribution in [1.29, 1.82) is 0 Å². The molecule has 0 fully saturated rings. The third-order valence-electron chi connectivity index (χ3n) is 2.56. The van der Waals surface area contributed by atoms with E-state index in [-0.39, 0.29) is 11.6 Å². The van der Waals surface area contributed by atoms with E-state index in [1.807, 2.05) is 25.1 Å². The molecule has 0 radical (unpaired) electrons. The Morgan fingerprint density at radius 1 is 1.42 bits per heavy atom. The van der Waals surface area contributed by atoms with Gasteiger partial charge >= 0.3 is 0 Å². The van der Waals surface area contributed by atoms with Crippen molar-refractivity contribution >= 4 is 11.8 Å². The number of aromatic nitrogens is 2. The van der Waals surface area contributed by atoms with E-state index in [9.17, 15) is 4.79 Å². The Bertz CT molecular complexity index is 625. The number of hydrogen-bond acceptors (Lipinski definition) is 5. The van der Waals surface area contributed by atoms with Crippen molar-refractivity contribution in [3.63, 3.8) is 0 Å². The number of rotatable bonds is 4. The van der Waals surface area contributed by atoms with Crippen LogP contribution in [0.4, 0.5) is 0 Å². The summed E-state index contributed by atoms with van der Waals surface area (Å²) < 4.78 is 5.32. The van der Waals surface area contributed by atoms with Crippen molar-refractivity contribution in [3.8, 4) is 5.75 Å². The van der Waals surface area contributed by atoms with Crippen LogP contribution in [0.15, 0.2) is 45.3 Å². The molecule has 5 nitrogen and oxygen atoms in total. The minimum atomic E-state index is -0.178. The molecule has 0 saturated heterocycles. The Morgan fingerprint density at radius 3 is 2.84 bits per heavy atom. The molecule has 2 rings (SSSR count). The first-order chi connectivity index (χ1) is 9.11. The van der Waals surface area contributed by atoms with E-state index in [0.29, 0.717) is 5.16 Å². The maximum Gasteiger partial charge on any atom is 0.251 e. The average molecular weight is 277 g/mol. The Morgan fingerprint density at radius 2 is 2.21 bits per heavy atom. The molecule has 1 heterocycles. The van der Waals surface area contributed by atoms with E-state index >= 15 is 0 Å². The number of nitrogens with zero attached hydrogens (tertiary/aromatic N) is 1. The summed E-state index contributed by atoms with van der Waals surface area (Å²) >= 11 is 1.36. The van der Waals surface area contributed by atoms with E-state index < -0.39 is 0 Å². The lowest BCUT2D eigenvalue weighted by atomic mass is 10.1. The summed E-state index contributed by atoms with van der Waals surface area (Å²) in [6.07, 6.45) is 1.48. The fraction of sp³-hybridized carbons (Fsp3) is 0.231. The van der Waals surface area contributed by atoms with Gasteiger partial charge in [0.2, 0.25) is 0 Å². The zero-order valence-electron chi connectivity index (χ0n) is 10.7. The third kappa shape index (κ3) is 3.15. The van der Waals surface area contributed by atoms with Crippen molar-refractivity contribution in [1.82, 2.24) is 9.97 Å². The van der Waals surface area contributed by atoms with Crippen LogP contribution in [0.5, 0.6) is 5.75 Å². The average Bonchev–Trinajstić information content (AvgIpc) is 2.38. The molecule has 3 N–H and O–H groups in total. The molecule has 0 spiro atoms. The number of methoxy groups -OCH3 is 1. The second-order valence-corrected chi connectivity index (χ2v) is 5.03. The molecule has 19 heavy (non-hydrogen) atoms. The number of benzene rings is 1. The summed E-state index contributed by atoms with van der Waals surface area (Å²) in [6.45, 7) is 1.89. The molecule has 6 heteroatoms. The molecule has 0 aliphatic heterocycles. The largest absolute Gasteiger partial charge is 0.496 e. The highest BCUT2D eigenvalue weighted by Crippen LogP contribution is 2.35. The van der Waals surface area contributed by atoms with Gasteiger partial charge in [-0.2, -0.15) is 0 Å². The molecule has 2 aromatic rings. The van der Waals surface area contributed by atoms with Crippen LogP contribution in [0.2, 0.25) is 0 Å². The van der Waals surface area contributed by atoms with Gasteiger partial charge in [0.25, 0.3) is 5.56 Å². The minimum absolute atomic E-state index is 0.172. The van der Waals surface area contributed by atoms with Crippen LogP contribution in [-0.2, 0) is 0 Å². The zero-order chi connectivity index (χ0) is 13.8. The van der Waals surface area contributed by atoms with Crippen LogP contribution < -0.4 is 16.0 Å². The van der Waals surface area contributed by atoms with Gasteiger partial charge in [0.05, 0.1) is 7.11 Å². The van der Waals surface area contributed by atoms with Gasteiger partial charge in [-0.15, -0.1) is 0 Å². The molecule has 1 unspecified atom stereocenters. The summed E-state index contributed by atoms with van der Waals surface area (Å²) in [4.78, 5) is 19.0. The van der Waals surface area contributed by atoms with Crippen LogP contribution in [-0.4, -0.2) is 17.1 Å². The first-order valence-electron chi connectivity index (χ1n) is 5.77. The van der Waals surface area contributed by atoms with E-state index in [4.69, 9.17) is 10.5 Å². The van der Waals surface area contributed by atoms with Crippen LogP contribution in [0.25, 0.3) is 0 Å². The molecule has 0 saturated carbocycles. The van der Waals surface area contributed by atoms with Crippen LogP contribution in [0.3, 0.4) is 0 Å². The fourth-order valence-corrected chi connectivity index (χ4v) is 2.76. The normalized spacial score (nSPS) is 12.2. The highest BCUT2D eigenvalue weighted by molar-refractivity contribution is 7.99. The molecule has 0 aliphatic carbocycles. The summed E-state index contributed by atoms with van der Waals surface area (Å²) in [5, 5.41) is 0.530. The predicted octanol–water partition coefficient (Wildman–Crippen LogP) is 1.95. The summed E-state index contributed by atoms with van der Waals surface area (Å²) in [6, 6.07) is 6.88. The van der Waals surface area contributed by atoms with E-state index in [1.54, 1.807) is 7.11 Å². The van der Waals surface area contributed by atoms with Crippen molar-refractivity contribution in [2.24, 2.45) is 5.73 Å². The molecule has 0 bridgehead atoms. The van der Waals surface area contributed by atoms with Gasteiger partial charge in [0.1, 0.15) is 5.75 Å². The number of ether oxygens (including phenoxy) is 1. The molecule has 100 valence electrons. The van der Waals surface area contributed by atoms with Gasteiger partial charge in [-0.3, -0.25) is 4.79 Å².